The summed E-state index contributed by atoms with van der Waals surface area (Å²) in [6.07, 6.45) is 11.3. The molecule has 18 heavy (non-hydrogen) atoms. The van der Waals surface area contributed by atoms with E-state index in [1.165, 1.54) is 76.0 Å². The molecular weight excluding hydrogens is 240 g/mol. The Morgan fingerprint density at radius 1 is 1.06 bits per heavy atom. The smallest absolute Gasteiger partial charge is 0.00922 e. The minimum Gasteiger partial charge on any atom is -0.314 e. The Labute approximate surface area is 117 Å². The molecule has 1 aliphatic heterocycles. The summed E-state index contributed by atoms with van der Waals surface area (Å²) in [6, 6.07) is 1.69. The van der Waals surface area contributed by atoms with E-state index in [2.05, 4.69) is 29.0 Å². The van der Waals surface area contributed by atoms with Crippen LogP contribution in [-0.4, -0.2) is 48.6 Å². The Balaban J connectivity index is 1.51. The topological polar surface area (TPSA) is 15.3 Å². The Bertz CT molecular complexity index is 211. The molecule has 0 radical (unpaired) electrons. The van der Waals surface area contributed by atoms with Crippen molar-refractivity contribution in [2.24, 2.45) is 0 Å². The third-order valence-corrected chi connectivity index (χ3v) is 5.59. The minimum atomic E-state index is 0.811. The molecule has 2 fully saturated rings. The van der Waals surface area contributed by atoms with Crippen molar-refractivity contribution < 1.29 is 0 Å². The lowest BCUT2D eigenvalue weighted by Crippen LogP contribution is -2.37. The SMILES string of the molecule is CN(CCCNC1CCSCC1)C1CCCCC1. The first-order valence-corrected chi connectivity index (χ1v) is 9.03. The Hall–Kier alpha value is 0.270. The third kappa shape index (κ3) is 5.10. The minimum absolute atomic E-state index is 0.811. The van der Waals surface area contributed by atoms with Gasteiger partial charge >= 0.3 is 0 Å². The van der Waals surface area contributed by atoms with Crippen molar-refractivity contribution >= 4 is 11.8 Å². The molecular formula is C15H30N2S. The van der Waals surface area contributed by atoms with Crippen LogP contribution >= 0.6 is 11.8 Å². The van der Waals surface area contributed by atoms with E-state index in [4.69, 9.17) is 0 Å². The molecule has 106 valence electrons. The summed E-state index contributed by atoms with van der Waals surface area (Å²) in [5.41, 5.74) is 0. The fourth-order valence-electron chi connectivity index (χ4n) is 3.24. The summed E-state index contributed by atoms with van der Waals surface area (Å²) in [6.45, 7) is 2.49. The second-order valence-corrected chi connectivity index (χ2v) is 7.19. The molecule has 2 rings (SSSR count). The van der Waals surface area contributed by atoms with Crippen LogP contribution in [0.25, 0.3) is 0 Å². The molecule has 1 N–H and O–H groups in total. The molecule has 1 saturated carbocycles. The summed E-state index contributed by atoms with van der Waals surface area (Å²) in [5.74, 6) is 2.72. The molecule has 3 heteroatoms. The predicted octanol–water partition coefficient (Wildman–Crippen LogP) is 3.13. The van der Waals surface area contributed by atoms with Gasteiger partial charge in [-0.25, -0.2) is 0 Å². The molecule has 0 spiro atoms. The van der Waals surface area contributed by atoms with Gasteiger partial charge in [0, 0.05) is 12.1 Å². The Morgan fingerprint density at radius 3 is 2.50 bits per heavy atom. The van der Waals surface area contributed by atoms with Crippen LogP contribution in [0.1, 0.15) is 51.4 Å². The van der Waals surface area contributed by atoms with E-state index in [9.17, 15) is 0 Å². The van der Waals surface area contributed by atoms with Gasteiger partial charge in [-0.15, -0.1) is 0 Å². The zero-order chi connectivity index (χ0) is 12.6. The maximum atomic E-state index is 3.74. The second-order valence-electron chi connectivity index (χ2n) is 5.97. The molecule has 2 nitrogen and oxygen atoms in total. The van der Waals surface area contributed by atoms with Crippen molar-refractivity contribution in [3.63, 3.8) is 0 Å². The highest BCUT2D eigenvalue weighted by Gasteiger charge is 2.17. The second kappa shape index (κ2) is 8.44. The van der Waals surface area contributed by atoms with Crippen molar-refractivity contribution in [1.29, 1.82) is 0 Å². The van der Waals surface area contributed by atoms with Gasteiger partial charge in [0.25, 0.3) is 0 Å². The normalized spacial score (nSPS) is 23.7. The Morgan fingerprint density at radius 2 is 1.78 bits per heavy atom. The predicted molar refractivity (Wildman–Crippen MR) is 82.5 cm³/mol. The summed E-state index contributed by atoms with van der Waals surface area (Å²) in [4.78, 5) is 2.61. The van der Waals surface area contributed by atoms with Gasteiger partial charge in [0.05, 0.1) is 0 Å². The average molecular weight is 270 g/mol. The third-order valence-electron chi connectivity index (χ3n) is 4.54. The van der Waals surface area contributed by atoms with Gasteiger partial charge in [-0.1, -0.05) is 19.3 Å². The van der Waals surface area contributed by atoms with Gasteiger partial charge in [-0.05, 0) is 63.7 Å². The fraction of sp³-hybridized carbons (Fsp3) is 1.00. The maximum Gasteiger partial charge on any atom is 0.00922 e. The molecule has 0 aromatic rings. The first-order chi connectivity index (χ1) is 8.86. The van der Waals surface area contributed by atoms with Crippen LogP contribution in [0.5, 0.6) is 0 Å². The number of hydrogen-bond donors (Lipinski definition) is 1. The maximum absolute atomic E-state index is 3.74. The van der Waals surface area contributed by atoms with Gasteiger partial charge in [0.1, 0.15) is 0 Å². The van der Waals surface area contributed by atoms with E-state index in [1.54, 1.807) is 0 Å². The highest BCUT2D eigenvalue weighted by atomic mass is 32.2. The van der Waals surface area contributed by atoms with Crippen LogP contribution < -0.4 is 5.32 Å². The molecule has 1 aliphatic carbocycles. The van der Waals surface area contributed by atoms with Crippen LogP contribution in [0.15, 0.2) is 0 Å². The van der Waals surface area contributed by atoms with E-state index < -0.39 is 0 Å². The first kappa shape index (κ1) is 14.7. The summed E-state index contributed by atoms with van der Waals surface area (Å²) in [7, 11) is 2.33. The summed E-state index contributed by atoms with van der Waals surface area (Å²) in [5, 5.41) is 3.74. The van der Waals surface area contributed by atoms with Crippen molar-refractivity contribution in [3.8, 4) is 0 Å². The monoisotopic (exact) mass is 270 g/mol. The van der Waals surface area contributed by atoms with Gasteiger partial charge in [0.15, 0.2) is 0 Å². The van der Waals surface area contributed by atoms with Crippen LogP contribution in [-0.2, 0) is 0 Å². The zero-order valence-corrected chi connectivity index (χ0v) is 12.8. The molecule has 0 unspecified atom stereocenters. The molecule has 2 aliphatic rings. The van der Waals surface area contributed by atoms with Crippen molar-refractivity contribution in [2.75, 3.05) is 31.6 Å². The molecule has 0 aromatic carbocycles. The van der Waals surface area contributed by atoms with Crippen LogP contribution in [0.4, 0.5) is 0 Å². The highest BCUT2D eigenvalue weighted by Crippen LogP contribution is 2.21. The van der Waals surface area contributed by atoms with Crippen molar-refractivity contribution in [3.05, 3.63) is 0 Å². The van der Waals surface area contributed by atoms with Crippen LogP contribution in [0, 0.1) is 0 Å². The van der Waals surface area contributed by atoms with Crippen molar-refractivity contribution in [1.82, 2.24) is 10.2 Å². The summed E-state index contributed by atoms with van der Waals surface area (Å²) < 4.78 is 0. The van der Waals surface area contributed by atoms with Gasteiger partial charge in [-0.2, -0.15) is 11.8 Å². The number of rotatable bonds is 6. The van der Waals surface area contributed by atoms with Crippen LogP contribution in [0.2, 0.25) is 0 Å². The van der Waals surface area contributed by atoms with E-state index in [-0.39, 0.29) is 0 Å². The Kier molecular flexibility index (Phi) is 6.88. The number of nitrogens with one attached hydrogen (secondary N) is 1. The quantitative estimate of drug-likeness (QED) is 0.747. The lowest BCUT2D eigenvalue weighted by atomic mass is 9.94. The largest absolute Gasteiger partial charge is 0.314 e. The van der Waals surface area contributed by atoms with E-state index in [1.807, 2.05) is 0 Å². The van der Waals surface area contributed by atoms with Crippen molar-refractivity contribution in [2.45, 2.75) is 63.5 Å². The molecule has 1 saturated heterocycles. The number of thioether (sulfide) groups is 1. The zero-order valence-electron chi connectivity index (χ0n) is 12.0. The van der Waals surface area contributed by atoms with Gasteiger partial charge < -0.3 is 10.2 Å². The lowest BCUT2D eigenvalue weighted by molar-refractivity contribution is 0.189. The standard InChI is InChI=1S/C15H30N2S/c1-17(15-6-3-2-4-7-15)11-5-10-16-14-8-12-18-13-9-14/h14-16H,2-13H2,1H3. The fourth-order valence-corrected chi connectivity index (χ4v) is 4.35. The average Bonchev–Trinajstić information content (AvgIpc) is 2.45. The number of hydrogen-bond acceptors (Lipinski definition) is 3. The number of nitrogens with zero attached hydrogens (tertiary/aromatic N) is 1. The molecule has 0 amide bonds. The van der Waals surface area contributed by atoms with E-state index in [0.717, 1.165) is 12.1 Å². The van der Waals surface area contributed by atoms with Gasteiger partial charge in [-0.3, -0.25) is 0 Å². The van der Waals surface area contributed by atoms with E-state index >= 15 is 0 Å². The van der Waals surface area contributed by atoms with E-state index in [0.29, 0.717) is 0 Å². The lowest BCUT2D eigenvalue weighted by Gasteiger charge is -2.31. The molecule has 0 aromatic heterocycles. The molecule has 0 atom stereocenters. The van der Waals surface area contributed by atoms with Crippen LogP contribution in [0.3, 0.4) is 0 Å². The van der Waals surface area contributed by atoms with Gasteiger partial charge in [0.2, 0.25) is 0 Å². The highest BCUT2D eigenvalue weighted by molar-refractivity contribution is 7.99. The molecule has 0 bridgehead atoms. The summed E-state index contributed by atoms with van der Waals surface area (Å²) >= 11 is 2.11. The molecule has 1 heterocycles. The first-order valence-electron chi connectivity index (χ1n) is 7.87.